The summed E-state index contributed by atoms with van der Waals surface area (Å²) in [6.45, 7) is 2.83. The Morgan fingerprint density at radius 3 is 3.11 bits per heavy atom. The van der Waals surface area contributed by atoms with E-state index in [1.54, 1.807) is 6.20 Å². The Morgan fingerprint density at radius 2 is 2.39 bits per heavy atom. The van der Waals surface area contributed by atoms with E-state index in [9.17, 15) is 0 Å². The zero-order chi connectivity index (χ0) is 12.8. The summed E-state index contributed by atoms with van der Waals surface area (Å²) in [5.41, 5.74) is 3.60. The van der Waals surface area contributed by atoms with Gasteiger partial charge in [0.1, 0.15) is 6.07 Å². The number of aromatic nitrogens is 3. The van der Waals surface area contributed by atoms with Crippen LogP contribution in [0.3, 0.4) is 0 Å². The van der Waals surface area contributed by atoms with Crippen molar-refractivity contribution in [2.45, 2.75) is 19.8 Å². The molecule has 0 saturated carbocycles. The molecule has 5 nitrogen and oxygen atoms in total. The first kappa shape index (κ1) is 12.1. The van der Waals surface area contributed by atoms with Crippen molar-refractivity contribution >= 4 is 5.69 Å². The van der Waals surface area contributed by atoms with Crippen molar-refractivity contribution in [2.24, 2.45) is 0 Å². The van der Waals surface area contributed by atoms with E-state index >= 15 is 0 Å². The van der Waals surface area contributed by atoms with Crippen LogP contribution >= 0.6 is 0 Å². The van der Waals surface area contributed by atoms with Crippen LogP contribution in [0.4, 0.5) is 5.69 Å². The van der Waals surface area contributed by atoms with Gasteiger partial charge >= 0.3 is 0 Å². The largest absolute Gasteiger partial charge is 0.383 e. The van der Waals surface area contributed by atoms with Crippen molar-refractivity contribution in [3.05, 3.63) is 41.5 Å². The average molecular weight is 241 g/mol. The van der Waals surface area contributed by atoms with Crippen LogP contribution in [-0.4, -0.2) is 21.7 Å². The highest BCUT2D eigenvalue weighted by atomic mass is 15.1. The molecule has 2 heterocycles. The minimum atomic E-state index is 0.442. The number of anilines is 1. The van der Waals surface area contributed by atoms with Crippen molar-refractivity contribution in [2.75, 3.05) is 11.9 Å². The molecular weight excluding hydrogens is 226 g/mol. The topological polar surface area (TPSA) is 77.4 Å². The third-order valence-corrected chi connectivity index (χ3v) is 2.79. The number of nitriles is 1. The first-order chi connectivity index (χ1) is 8.81. The summed E-state index contributed by atoms with van der Waals surface area (Å²) >= 11 is 0. The molecule has 0 atom stereocenters. The predicted octanol–water partition coefficient (Wildman–Crippen LogP) is 2.03. The lowest BCUT2D eigenvalue weighted by Gasteiger charge is -2.06. The van der Waals surface area contributed by atoms with Crippen LogP contribution in [0, 0.1) is 18.3 Å². The maximum atomic E-state index is 8.90. The van der Waals surface area contributed by atoms with Gasteiger partial charge in [0, 0.05) is 18.4 Å². The van der Waals surface area contributed by atoms with Crippen molar-refractivity contribution in [3.8, 4) is 6.07 Å². The molecule has 0 aromatic carbocycles. The molecule has 0 aliphatic heterocycles. The molecule has 2 aromatic heterocycles. The van der Waals surface area contributed by atoms with Crippen molar-refractivity contribution < 1.29 is 0 Å². The number of pyridine rings is 1. The number of H-pyrrole nitrogens is 1. The lowest BCUT2D eigenvalue weighted by Crippen LogP contribution is -2.05. The molecule has 0 radical (unpaired) electrons. The standard InChI is InChI=1S/C13H15N5/c1-10-11(9-17-18-10)4-2-6-15-12-5-3-7-16-13(12)8-14/h3,5,7,9,15H,2,4,6H2,1H3,(H,17,18). The monoisotopic (exact) mass is 241 g/mol. The summed E-state index contributed by atoms with van der Waals surface area (Å²) in [5.74, 6) is 0. The molecule has 2 rings (SSSR count). The molecule has 5 heteroatoms. The summed E-state index contributed by atoms with van der Waals surface area (Å²) in [7, 11) is 0. The Balaban J connectivity index is 1.82. The zero-order valence-corrected chi connectivity index (χ0v) is 10.3. The number of hydrogen-bond acceptors (Lipinski definition) is 4. The molecule has 0 aliphatic rings. The fraction of sp³-hybridized carbons (Fsp3) is 0.308. The molecule has 0 spiro atoms. The van der Waals surface area contributed by atoms with Crippen LogP contribution in [0.1, 0.15) is 23.4 Å². The first-order valence-corrected chi connectivity index (χ1v) is 5.89. The number of rotatable bonds is 5. The Hall–Kier alpha value is -2.35. The van der Waals surface area contributed by atoms with Crippen LogP contribution in [-0.2, 0) is 6.42 Å². The molecule has 0 unspecified atom stereocenters. The van der Waals surface area contributed by atoms with Crippen LogP contribution in [0.2, 0.25) is 0 Å². The summed E-state index contributed by atoms with van der Waals surface area (Å²) in [5, 5.41) is 19.0. The van der Waals surface area contributed by atoms with Gasteiger partial charge in [0.15, 0.2) is 5.69 Å². The summed E-state index contributed by atoms with van der Waals surface area (Å²) in [6, 6.07) is 5.76. The van der Waals surface area contributed by atoms with E-state index in [0.29, 0.717) is 5.69 Å². The van der Waals surface area contributed by atoms with Gasteiger partial charge in [-0.25, -0.2) is 4.98 Å². The van der Waals surface area contributed by atoms with E-state index in [1.807, 2.05) is 25.3 Å². The fourth-order valence-corrected chi connectivity index (χ4v) is 1.77. The molecule has 0 amide bonds. The SMILES string of the molecule is Cc1[nH]ncc1CCCNc1cccnc1C#N. The van der Waals surface area contributed by atoms with Crippen molar-refractivity contribution in [1.29, 1.82) is 5.26 Å². The fourth-order valence-electron chi connectivity index (χ4n) is 1.77. The first-order valence-electron chi connectivity index (χ1n) is 5.89. The molecule has 0 saturated heterocycles. The Labute approximate surface area is 106 Å². The molecule has 92 valence electrons. The highest BCUT2D eigenvalue weighted by Crippen LogP contribution is 2.11. The Kier molecular flexibility index (Phi) is 3.92. The van der Waals surface area contributed by atoms with E-state index in [4.69, 9.17) is 5.26 Å². The maximum absolute atomic E-state index is 8.90. The van der Waals surface area contributed by atoms with Crippen LogP contribution < -0.4 is 5.32 Å². The number of hydrogen-bond donors (Lipinski definition) is 2. The van der Waals surface area contributed by atoms with E-state index in [0.717, 1.165) is 30.8 Å². The minimum absolute atomic E-state index is 0.442. The molecule has 0 fully saturated rings. The number of nitrogens with one attached hydrogen (secondary N) is 2. The number of aryl methyl sites for hydroxylation is 2. The van der Waals surface area contributed by atoms with Crippen LogP contribution in [0.5, 0.6) is 0 Å². The van der Waals surface area contributed by atoms with E-state index in [1.165, 1.54) is 5.56 Å². The highest BCUT2D eigenvalue weighted by molar-refractivity contribution is 5.53. The quantitative estimate of drug-likeness (QED) is 0.785. The van der Waals surface area contributed by atoms with Crippen molar-refractivity contribution in [1.82, 2.24) is 15.2 Å². The van der Waals surface area contributed by atoms with E-state index in [2.05, 4.69) is 26.6 Å². The highest BCUT2D eigenvalue weighted by Gasteiger charge is 2.02. The lowest BCUT2D eigenvalue weighted by atomic mass is 10.1. The zero-order valence-electron chi connectivity index (χ0n) is 10.3. The number of nitrogens with zero attached hydrogens (tertiary/aromatic N) is 3. The molecular formula is C13H15N5. The summed E-state index contributed by atoms with van der Waals surface area (Å²) in [6.07, 6.45) is 5.44. The number of aromatic amines is 1. The van der Waals surface area contributed by atoms with Gasteiger partial charge in [-0.1, -0.05) is 0 Å². The predicted molar refractivity (Wildman–Crippen MR) is 69.1 cm³/mol. The summed E-state index contributed by atoms with van der Waals surface area (Å²) < 4.78 is 0. The Bertz CT molecular complexity index is 553. The van der Waals surface area contributed by atoms with Gasteiger partial charge in [0.25, 0.3) is 0 Å². The van der Waals surface area contributed by atoms with Crippen LogP contribution in [0.15, 0.2) is 24.5 Å². The van der Waals surface area contributed by atoms with Gasteiger partial charge in [0.2, 0.25) is 0 Å². The Morgan fingerprint density at radius 1 is 1.50 bits per heavy atom. The van der Waals surface area contributed by atoms with Crippen LogP contribution in [0.25, 0.3) is 0 Å². The molecule has 18 heavy (non-hydrogen) atoms. The molecule has 0 aliphatic carbocycles. The molecule has 2 N–H and O–H groups in total. The van der Waals surface area contributed by atoms with Gasteiger partial charge < -0.3 is 5.32 Å². The molecule has 2 aromatic rings. The molecule has 0 bridgehead atoms. The van der Waals surface area contributed by atoms with Gasteiger partial charge in [-0.05, 0) is 37.5 Å². The van der Waals surface area contributed by atoms with Gasteiger partial charge in [-0.3, -0.25) is 5.10 Å². The minimum Gasteiger partial charge on any atom is -0.383 e. The third kappa shape index (κ3) is 2.86. The third-order valence-electron chi connectivity index (χ3n) is 2.79. The average Bonchev–Trinajstić information content (AvgIpc) is 2.81. The van der Waals surface area contributed by atoms with Crippen molar-refractivity contribution in [3.63, 3.8) is 0 Å². The second kappa shape index (κ2) is 5.82. The summed E-state index contributed by atoms with van der Waals surface area (Å²) in [4.78, 5) is 4.00. The second-order valence-electron chi connectivity index (χ2n) is 4.06. The smallest absolute Gasteiger partial charge is 0.163 e. The second-order valence-corrected chi connectivity index (χ2v) is 4.06. The van der Waals surface area contributed by atoms with E-state index in [-0.39, 0.29) is 0 Å². The lowest BCUT2D eigenvalue weighted by molar-refractivity contribution is 0.856. The van der Waals surface area contributed by atoms with Gasteiger partial charge in [0.05, 0.1) is 11.9 Å². The maximum Gasteiger partial charge on any atom is 0.163 e. The van der Waals surface area contributed by atoms with E-state index < -0.39 is 0 Å². The normalized spacial score (nSPS) is 10.0. The van der Waals surface area contributed by atoms with Gasteiger partial charge in [-0.15, -0.1) is 0 Å². The van der Waals surface area contributed by atoms with Gasteiger partial charge in [-0.2, -0.15) is 10.4 Å².